The molecule has 0 spiro atoms. The van der Waals surface area contributed by atoms with Gasteiger partial charge in [-0.15, -0.1) is 0 Å². The van der Waals surface area contributed by atoms with E-state index in [1.165, 1.54) is 4.90 Å². The highest BCUT2D eigenvalue weighted by molar-refractivity contribution is 6.45. The number of carbonyl (C=O) groups is 2. The van der Waals surface area contributed by atoms with E-state index < -0.39 is 0 Å². The quantitative estimate of drug-likeness (QED) is 0.710. The third-order valence-corrected chi connectivity index (χ3v) is 5.74. The average Bonchev–Trinajstić information content (AvgIpc) is 2.99. The Morgan fingerprint density at radius 3 is 2.03 bits per heavy atom. The number of carbonyl (C=O) groups excluding carboxylic acids is 2. The van der Waals surface area contributed by atoms with E-state index in [2.05, 4.69) is 4.90 Å². The molecule has 2 aromatic carbocycles. The number of hydrogen-bond acceptors (Lipinski definition) is 4. The van der Waals surface area contributed by atoms with E-state index in [-0.39, 0.29) is 11.8 Å². The molecule has 6 heteroatoms. The van der Waals surface area contributed by atoms with Crippen molar-refractivity contribution >= 4 is 40.4 Å². The second kappa shape index (κ2) is 7.91. The molecule has 1 fully saturated rings. The van der Waals surface area contributed by atoms with Gasteiger partial charge in [0.15, 0.2) is 0 Å². The third-order valence-electron chi connectivity index (χ3n) is 5.49. The highest BCUT2D eigenvalue weighted by atomic mass is 35.5. The molecule has 0 radical (unpaired) electrons. The Balaban J connectivity index is 1.77. The van der Waals surface area contributed by atoms with Crippen LogP contribution in [0.2, 0.25) is 5.02 Å². The standard InChI is InChI=1S/C23H24ClN3O2/c1-25(2)18-10-12-19(13-11-18)27-22(28)20(16-6-8-17(24)9-7-16)21(23(27)29)26-14-4-3-5-15-26/h6-13H,3-5,14-15H2,1-2H3. The van der Waals surface area contributed by atoms with E-state index in [4.69, 9.17) is 11.6 Å². The van der Waals surface area contributed by atoms with Crippen molar-refractivity contribution in [3.05, 3.63) is 64.8 Å². The molecule has 2 aliphatic rings. The first-order valence-electron chi connectivity index (χ1n) is 9.88. The molecule has 0 N–H and O–H groups in total. The summed E-state index contributed by atoms with van der Waals surface area (Å²) in [7, 11) is 3.91. The summed E-state index contributed by atoms with van der Waals surface area (Å²) in [6.45, 7) is 1.58. The van der Waals surface area contributed by atoms with Gasteiger partial charge >= 0.3 is 0 Å². The Kier molecular flexibility index (Phi) is 5.33. The van der Waals surface area contributed by atoms with E-state index in [0.29, 0.717) is 22.0 Å². The zero-order valence-corrected chi connectivity index (χ0v) is 17.4. The third kappa shape index (κ3) is 3.62. The van der Waals surface area contributed by atoms with Crippen molar-refractivity contribution in [3.63, 3.8) is 0 Å². The second-order valence-electron chi connectivity index (χ2n) is 7.63. The van der Waals surface area contributed by atoms with Crippen LogP contribution >= 0.6 is 11.6 Å². The van der Waals surface area contributed by atoms with Gasteiger partial charge in [0.05, 0.1) is 11.3 Å². The molecule has 0 saturated carbocycles. The Labute approximate surface area is 176 Å². The number of imide groups is 1. The first-order chi connectivity index (χ1) is 14.0. The fourth-order valence-electron chi connectivity index (χ4n) is 3.94. The van der Waals surface area contributed by atoms with Gasteiger partial charge in [0.2, 0.25) is 0 Å². The predicted octanol–water partition coefficient (Wildman–Crippen LogP) is 4.18. The number of rotatable bonds is 4. The van der Waals surface area contributed by atoms with Gasteiger partial charge in [-0.25, -0.2) is 4.90 Å². The van der Waals surface area contributed by atoms with Crippen LogP contribution in [0.5, 0.6) is 0 Å². The molecule has 29 heavy (non-hydrogen) atoms. The molecule has 4 rings (SSSR count). The minimum absolute atomic E-state index is 0.251. The van der Waals surface area contributed by atoms with Crippen LogP contribution < -0.4 is 9.80 Å². The maximum Gasteiger partial charge on any atom is 0.282 e. The molecule has 2 heterocycles. The molecule has 0 aromatic heterocycles. The molecule has 2 amide bonds. The summed E-state index contributed by atoms with van der Waals surface area (Å²) in [6.07, 6.45) is 3.20. The summed E-state index contributed by atoms with van der Waals surface area (Å²) < 4.78 is 0. The largest absolute Gasteiger partial charge is 0.378 e. The van der Waals surface area contributed by atoms with Crippen molar-refractivity contribution in [2.24, 2.45) is 0 Å². The second-order valence-corrected chi connectivity index (χ2v) is 8.07. The molecule has 0 unspecified atom stereocenters. The monoisotopic (exact) mass is 409 g/mol. The Morgan fingerprint density at radius 1 is 0.828 bits per heavy atom. The molecule has 2 aliphatic heterocycles. The van der Waals surface area contributed by atoms with Gasteiger partial charge in [0.25, 0.3) is 11.8 Å². The van der Waals surface area contributed by atoms with Gasteiger partial charge in [-0.2, -0.15) is 0 Å². The highest BCUT2D eigenvalue weighted by Gasteiger charge is 2.42. The molecule has 0 bridgehead atoms. The van der Waals surface area contributed by atoms with E-state index in [1.807, 2.05) is 55.4 Å². The van der Waals surface area contributed by atoms with E-state index in [1.54, 1.807) is 12.1 Å². The zero-order chi connectivity index (χ0) is 20.5. The maximum absolute atomic E-state index is 13.5. The predicted molar refractivity (Wildman–Crippen MR) is 117 cm³/mol. The lowest BCUT2D eigenvalue weighted by Crippen LogP contribution is -2.37. The van der Waals surface area contributed by atoms with Crippen molar-refractivity contribution in [3.8, 4) is 0 Å². The summed E-state index contributed by atoms with van der Waals surface area (Å²) in [5.41, 5.74) is 3.29. The van der Waals surface area contributed by atoms with E-state index >= 15 is 0 Å². The van der Waals surface area contributed by atoms with Crippen LogP contribution in [0.3, 0.4) is 0 Å². The Morgan fingerprint density at radius 2 is 1.45 bits per heavy atom. The number of anilines is 2. The number of halogens is 1. The molecule has 5 nitrogen and oxygen atoms in total. The SMILES string of the molecule is CN(C)c1ccc(N2C(=O)C(c3ccc(Cl)cc3)=C(N3CCCCC3)C2=O)cc1. The van der Waals surface area contributed by atoms with Gasteiger partial charge in [0.1, 0.15) is 5.70 Å². The Bertz CT molecular complexity index is 959. The summed E-state index contributed by atoms with van der Waals surface area (Å²) in [6, 6.07) is 14.6. The van der Waals surface area contributed by atoms with Gasteiger partial charge in [0, 0.05) is 37.9 Å². The zero-order valence-electron chi connectivity index (χ0n) is 16.7. The topological polar surface area (TPSA) is 43.9 Å². The summed E-state index contributed by atoms with van der Waals surface area (Å²) >= 11 is 6.04. The molecule has 0 aliphatic carbocycles. The summed E-state index contributed by atoms with van der Waals surface area (Å²) in [5, 5.41) is 0.599. The lowest BCUT2D eigenvalue weighted by molar-refractivity contribution is -0.120. The Hall–Kier alpha value is -2.79. The molecule has 2 aromatic rings. The number of amides is 2. The highest BCUT2D eigenvalue weighted by Crippen LogP contribution is 2.36. The van der Waals surface area contributed by atoms with Crippen LogP contribution in [0.15, 0.2) is 54.2 Å². The summed E-state index contributed by atoms with van der Waals surface area (Å²) in [4.78, 5) is 32.3. The lowest BCUT2D eigenvalue weighted by Gasteiger charge is -2.29. The number of nitrogens with zero attached hydrogens (tertiary/aromatic N) is 3. The number of likely N-dealkylation sites (tertiary alicyclic amines) is 1. The first-order valence-corrected chi connectivity index (χ1v) is 10.3. The minimum atomic E-state index is -0.282. The van der Waals surface area contributed by atoms with Crippen LogP contribution in [-0.4, -0.2) is 43.9 Å². The minimum Gasteiger partial charge on any atom is -0.378 e. The van der Waals surface area contributed by atoms with Crippen LogP contribution in [0.4, 0.5) is 11.4 Å². The molecular formula is C23H24ClN3O2. The van der Waals surface area contributed by atoms with Gasteiger partial charge in [-0.05, 0) is 61.2 Å². The molecular weight excluding hydrogens is 386 g/mol. The molecule has 1 saturated heterocycles. The summed E-state index contributed by atoms with van der Waals surface area (Å²) in [5.74, 6) is -0.532. The van der Waals surface area contributed by atoms with Crippen LogP contribution in [0.1, 0.15) is 24.8 Å². The smallest absolute Gasteiger partial charge is 0.282 e. The van der Waals surface area contributed by atoms with Crippen LogP contribution in [0.25, 0.3) is 5.57 Å². The van der Waals surface area contributed by atoms with E-state index in [9.17, 15) is 9.59 Å². The maximum atomic E-state index is 13.5. The van der Waals surface area contributed by atoms with Gasteiger partial charge in [-0.3, -0.25) is 9.59 Å². The fraction of sp³-hybridized carbons (Fsp3) is 0.304. The van der Waals surface area contributed by atoms with Crippen molar-refractivity contribution in [2.75, 3.05) is 37.0 Å². The normalized spacial score (nSPS) is 17.3. The van der Waals surface area contributed by atoms with Gasteiger partial charge < -0.3 is 9.80 Å². The van der Waals surface area contributed by atoms with Crippen LogP contribution in [-0.2, 0) is 9.59 Å². The number of piperidine rings is 1. The lowest BCUT2D eigenvalue weighted by atomic mass is 10.0. The van der Waals surface area contributed by atoms with Crippen LogP contribution in [0, 0.1) is 0 Å². The number of benzene rings is 2. The van der Waals surface area contributed by atoms with Crippen molar-refractivity contribution in [1.82, 2.24) is 4.90 Å². The fourth-order valence-corrected chi connectivity index (χ4v) is 4.07. The average molecular weight is 410 g/mol. The molecule has 0 atom stereocenters. The van der Waals surface area contributed by atoms with Crippen molar-refractivity contribution in [2.45, 2.75) is 19.3 Å². The van der Waals surface area contributed by atoms with E-state index in [0.717, 1.165) is 43.6 Å². The first kappa shape index (κ1) is 19.5. The van der Waals surface area contributed by atoms with Gasteiger partial charge in [-0.1, -0.05) is 23.7 Å². The molecule has 150 valence electrons. The van der Waals surface area contributed by atoms with Crippen molar-refractivity contribution < 1.29 is 9.59 Å². The number of hydrogen-bond donors (Lipinski definition) is 0. The van der Waals surface area contributed by atoms with Crippen molar-refractivity contribution in [1.29, 1.82) is 0 Å².